The van der Waals surface area contributed by atoms with Gasteiger partial charge in [-0.15, -0.1) is 0 Å². The van der Waals surface area contributed by atoms with Crippen LogP contribution in [-0.4, -0.2) is 4.57 Å². The Labute approximate surface area is 111 Å². The van der Waals surface area contributed by atoms with E-state index >= 15 is 0 Å². The van der Waals surface area contributed by atoms with Gasteiger partial charge in [0.2, 0.25) is 0 Å². The summed E-state index contributed by atoms with van der Waals surface area (Å²) in [4.78, 5) is 0. The van der Waals surface area contributed by atoms with Gasteiger partial charge in [-0.05, 0) is 24.3 Å². The van der Waals surface area contributed by atoms with Gasteiger partial charge in [-0.1, -0.05) is 30.3 Å². The Morgan fingerprint density at radius 1 is 1.05 bits per heavy atom. The number of hydrogen-bond donors (Lipinski definition) is 0. The Morgan fingerprint density at radius 2 is 1.84 bits per heavy atom. The number of benzene rings is 2. The number of hydrogen-bond acceptors (Lipinski definition) is 1. The van der Waals surface area contributed by atoms with E-state index in [-0.39, 0.29) is 5.82 Å². The summed E-state index contributed by atoms with van der Waals surface area (Å²) in [5.41, 5.74) is 1.57. The van der Waals surface area contributed by atoms with Gasteiger partial charge in [-0.3, -0.25) is 0 Å². The molecule has 19 heavy (non-hydrogen) atoms. The van der Waals surface area contributed by atoms with E-state index in [1.165, 1.54) is 6.07 Å². The zero-order valence-corrected chi connectivity index (χ0v) is 10.6. The third-order valence-electron chi connectivity index (χ3n) is 3.24. The van der Waals surface area contributed by atoms with Gasteiger partial charge in [0.1, 0.15) is 18.2 Å². The van der Waals surface area contributed by atoms with Crippen LogP contribution in [0.15, 0.2) is 54.6 Å². The van der Waals surface area contributed by atoms with Crippen molar-refractivity contribution < 1.29 is 9.13 Å². The molecule has 0 fully saturated rings. The topological polar surface area (TPSA) is 14.2 Å². The SMILES string of the molecule is Cn1c(COc2ccccc2)cc2cccc(F)c21. The van der Waals surface area contributed by atoms with Gasteiger partial charge < -0.3 is 9.30 Å². The molecule has 3 aromatic rings. The van der Waals surface area contributed by atoms with Crippen LogP contribution in [-0.2, 0) is 13.7 Å². The summed E-state index contributed by atoms with van der Waals surface area (Å²) >= 11 is 0. The van der Waals surface area contributed by atoms with Crippen molar-refractivity contribution in [3.8, 4) is 5.75 Å². The number of aryl methyl sites for hydroxylation is 1. The van der Waals surface area contributed by atoms with E-state index in [9.17, 15) is 4.39 Å². The standard InChI is InChI=1S/C16H14FNO/c1-18-13(11-19-14-7-3-2-4-8-14)10-12-6-5-9-15(17)16(12)18/h2-10H,11H2,1H3. The third kappa shape index (κ3) is 2.19. The number of aromatic nitrogens is 1. The molecule has 0 aliphatic carbocycles. The van der Waals surface area contributed by atoms with E-state index in [0.717, 1.165) is 16.8 Å². The molecule has 0 aliphatic rings. The first-order valence-corrected chi connectivity index (χ1v) is 6.16. The fourth-order valence-corrected chi connectivity index (χ4v) is 2.23. The Bertz CT molecular complexity index is 703. The molecule has 0 radical (unpaired) electrons. The largest absolute Gasteiger partial charge is 0.487 e. The third-order valence-corrected chi connectivity index (χ3v) is 3.24. The molecular weight excluding hydrogens is 241 g/mol. The average molecular weight is 255 g/mol. The quantitative estimate of drug-likeness (QED) is 0.692. The van der Waals surface area contributed by atoms with Crippen molar-refractivity contribution in [1.82, 2.24) is 4.57 Å². The van der Waals surface area contributed by atoms with Crippen LogP contribution < -0.4 is 4.74 Å². The van der Waals surface area contributed by atoms with Crippen LogP contribution in [0.25, 0.3) is 10.9 Å². The van der Waals surface area contributed by atoms with Gasteiger partial charge in [0.25, 0.3) is 0 Å². The molecule has 0 aliphatic heterocycles. The van der Waals surface area contributed by atoms with Crippen LogP contribution in [0.4, 0.5) is 4.39 Å². The molecule has 3 heteroatoms. The molecule has 0 spiro atoms. The van der Waals surface area contributed by atoms with E-state index in [1.54, 1.807) is 6.07 Å². The Balaban J connectivity index is 1.90. The van der Waals surface area contributed by atoms with E-state index < -0.39 is 0 Å². The molecule has 1 aromatic heterocycles. The maximum atomic E-state index is 13.8. The van der Waals surface area contributed by atoms with Gasteiger partial charge in [-0.2, -0.15) is 0 Å². The van der Waals surface area contributed by atoms with Crippen LogP contribution in [0.2, 0.25) is 0 Å². The molecule has 0 amide bonds. The van der Waals surface area contributed by atoms with E-state index in [2.05, 4.69) is 0 Å². The molecule has 0 saturated carbocycles. The molecule has 1 heterocycles. The molecule has 0 N–H and O–H groups in total. The molecule has 96 valence electrons. The first-order chi connectivity index (χ1) is 9.25. The predicted molar refractivity (Wildman–Crippen MR) is 73.7 cm³/mol. The first kappa shape index (κ1) is 11.8. The summed E-state index contributed by atoms with van der Waals surface area (Å²) in [7, 11) is 1.86. The summed E-state index contributed by atoms with van der Waals surface area (Å²) in [6.45, 7) is 0.425. The summed E-state index contributed by atoms with van der Waals surface area (Å²) in [6, 6.07) is 16.7. The Morgan fingerprint density at radius 3 is 2.58 bits per heavy atom. The fourth-order valence-electron chi connectivity index (χ4n) is 2.23. The molecule has 0 saturated heterocycles. The van der Waals surface area contributed by atoms with Crippen molar-refractivity contribution in [2.45, 2.75) is 6.61 Å². The molecule has 0 unspecified atom stereocenters. The molecule has 2 aromatic carbocycles. The number of fused-ring (bicyclic) bond motifs is 1. The van der Waals surface area contributed by atoms with Gasteiger partial charge in [0.15, 0.2) is 0 Å². The molecule has 3 rings (SSSR count). The van der Waals surface area contributed by atoms with Gasteiger partial charge in [0.05, 0.1) is 11.2 Å². The lowest BCUT2D eigenvalue weighted by molar-refractivity contribution is 0.297. The van der Waals surface area contributed by atoms with Crippen molar-refractivity contribution >= 4 is 10.9 Å². The number of ether oxygens (including phenoxy) is 1. The van der Waals surface area contributed by atoms with E-state index in [1.807, 2.05) is 54.1 Å². The Kier molecular flexibility index (Phi) is 2.95. The van der Waals surface area contributed by atoms with Gasteiger partial charge in [0, 0.05) is 12.4 Å². The minimum Gasteiger partial charge on any atom is -0.487 e. The maximum Gasteiger partial charge on any atom is 0.147 e. The first-order valence-electron chi connectivity index (χ1n) is 6.16. The molecule has 0 atom stereocenters. The highest BCUT2D eigenvalue weighted by Crippen LogP contribution is 2.22. The second-order valence-corrected chi connectivity index (χ2v) is 4.47. The summed E-state index contributed by atoms with van der Waals surface area (Å²) in [6.07, 6.45) is 0. The van der Waals surface area contributed by atoms with Crippen LogP contribution in [0, 0.1) is 5.82 Å². The van der Waals surface area contributed by atoms with Crippen molar-refractivity contribution in [2.24, 2.45) is 7.05 Å². The predicted octanol–water partition coefficient (Wildman–Crippen LogP) is 3.90. The summed E-state index contributed by atoms with van der Waals surface area (Å²) in [5.74, 6) is 0.610. The van der Waals surface area contributed by atoms with Crippen molar-refractivity contribution in [3.63, 3.8) is 0 Å². The number of halogens is 1. The number of nitrogens with zero attached hydrogens (tertiary/aromatic N) is 1. The van der Waals surface area contributed by atoms with Crippen molar-refractivity contribution in [1.29, 1.82) is 0 Å². The highest BCUT2D eigenvalue weighted by molar-refractivity contribution is 5.81. The van der Waals surface area contributed by atoms with Crippen molar-refractivity contribution in [2.75, 3.05) is 0 Å². The van der Waals surface area contributed by atoms with Crippen LogP contribution in [0.5, 0.6) is 5.75 Å². The monoisotopic (exact) mass is 255 g/mol. The van der Waals surface area contributed by atoms with Crippen LogP contribution >= 0.6 is 0 Å². The van der Waals surface area contributed by atoms with Crippen molar-refractivity contribution in [3.05, 3.63) is 66.1 Å². The molecule has 2 nitrogen and oxygen atoms in total. The minimum absolute atomic E-state index is 0.203. The molecule has 0 bridgehead atoms. The average Bonchev–Trinajstić information content (AvgIpc) is 2.76. The zero-order chi connectivity index (χ0) is 13.2. The van der Waals surface area contributed by atoms with Gasteiger partial charge >= 0.3 is 0 Å². The second kappa shape index (κ2) is 4.76. The minimum atomic E-state index is -0.203. The summed E-state index contributed by atoms with van der Waals surface area (Å²) < 4.78 is 21.3. The second-order valence-electron chi connectivity index (χ2n) is 4.47. The van der Waals surface area contributed by atoms with Crippen LogP contribution in [0.1, 0.15) is 5.69 Å². The lowest BCUT2D eigenvalue weighted by Crippen LogP contribution is -2.02. The normalized spacial score (nSPS) is 10.8. The van der Waals surface area contributed by atoms with Gasteiger partial charge in [-0.25, -0.2) is 4.39 Å². The summed E-state index contributed by atoms with van der Waals surface area (Å²) in [5, 5.41) is 0.897. The zero-order valence-electron chi connectivity index (χ0n) is 10.6. The lowest BCUT2D eigenvalue weighted by Gasteiger charge is -2.07. The smallest absolute Gasteiger partial charge is 0.147 e. The van der Waals surface area contributed by atoms with E-state index in [0.29, 0.717) is 12.1 Å². The lowest BCUT2D eigenvalue weighted by atomic mass is 10.2. The highest BCUT2D eigenvalue weighted by atomic mass is 19.1. The Hall–Kier alpha value is -2.29. The highest BCUT2D eigenvalue weighted by Gasteiger charge is 2.09. The fraction of sp³-hybridized carbons (Fsp3) is 0.125. The van der Waals surface area contributed by atoms with E-state index in [4.69, 9.17) is 4.74 Å². The maximum absolute atomic E-state index is 13.8. The molecular formula is C16H14FNO. The number of rotatable bonds is 3. The van der Waals surface area contributed by atoms with Crippen LogP contribution in [0.3, 0.4) is 0 Å². The number of para-hydroxylation sites is 2.